The van der Waals surface area contributed by atoms with Gasteiger partial charge in [0.15, 0.2) is 0 Å². The molecular weight excluding hydrogens is 362 g/mol. The highest BCUT2D eigenvalue weighted by atomic mass is 35.5. The average molecular weight is 384 g/mol. The van der Waals surface area contributed by atoms with Crippen molar-refractivity contribution < 1.29 is 9.59 Å². The van der Waals surface area contributed by atoms with Crippen LogP contribution in [-0.2, 0) is 4.79 Å². The zero-order chi connectivity index (χ0) is 19.6. The normalized spacial score (nSPS) is 16.8. The minimum atomic E-state index is -0.539. The van der Waals surface area contributed by atoms with E-state index < -0.39 is 6.04 Å². The molecule has 6 heteroatoms. The molecule has 0 fully saturated rings. The Balaban J connectivity index is 1.94. The van der Waals surface area contributed by atoms with Crippen LogP contribution in [0.3, 0.4) is 0 Å². The summed E-state index contributed by atoms with van der Waals surface area (Å²) >= 11 is 6.15. The van der Waals surface area contributed by atoms with Crippen molar-refractivity contribution in [3.05, 3.63) is 76.0 Å². The Labute approximate surface area is 163 Å². The molecule has 140 valence electrons. The summed E-state index contributed by atoms with van der Waals surface area (Å²) in [4.78, 5) is 25.0. The maximum atomic E-state index is 13.0. The zero-order valence-electron chi connectivity index (χ0n) is 15.5. The van der Waals surface area contributed by atoms with Gasteiger partial charge in [0.1, 0.15) is 0 Å². The molecule has 0 aromatic heterocycles. The van der Waals surface area contributed by atoms with Crippen molar-refractivity contribution in [2.45, 2.75) is 32.7 Å². The summed E-state index contributed by atoms with van der Waals surface area (Å²) in [6.45, 7) is 5.96. The van der Waals surface area contributed by atoms with E-state index in [1.165, 1.54) is 5.56 Å². The van der Waals surface area contributed by atoms with Crippen LogP contribution in [0.2, 0.25) is 5.02 Å². The van der Waals surface area contributed by atoms with E-state index in [1.807, 2.05) is 24.3 Å². The van der Waals surface area contributed by atoms with Gasteiger partial charge in [-0.2, -0.15) is 0 Å². The summed E-state index contributed by atoms with van der Waals surface area (Å²) in [6, 6.07) is 14.1. The van der Waals surface area contributed by atoms with E-state index in [1.54, 1.807) is 31.2 Å². The predicted molar refractivity (Wildman–Crippen MR) is 108 cm³/mol. The third-order valence-corrected chi connectivity index (χ3v) is 4.90. The summed E-state index contributed by atoms with van der Waals surface area (Å²) in [5, 5.41) is 8.81. The van der Waals surface area contributed by atoms with E-state index in [9.17, 15) is 9.59 Å². The van der Waals surface area contributed by atoms with Gasteiger partial charge in [-0.3, -0.25) is 4.79 Å². The summed E-state index contributed by atoms with van der Waals surface area (Å²) in [6.07, 6.45) is 0. The monoisotopic (exact) mass is 383 g/mol. The molecule has 1 aliphatic rings. The van der Waals surface area contributed by atoms with E-state index in [4.69, 9.17) is 11.6 Å². The second kappa shape index (κ2) is 7.84. The standard InChI is InChI=1S/C21H22ClN3O2/c1-12(2)14-8-10-15(11-9-14)19-18(13(3)23-21(27)25-19)20(26)24-17-7-5-4-6-16(17)22/h4-12,19H,1-3H3,(H,24,26)(H2,23,25,27)/t19-/m0/s1. The molecule has 0 saturated carbocycles. The summed E-state index contributed by atoms with van der Waals surface area (Å²) in [5.41, 5.74) is 3.53. The number of rotatable bonds is 4. The fourth-order valence-corrected chi connectivity index (χ4v) is 3.25. The number of carbonyl (C=O) groups excluding carboxylic acids is 2. The predicted octanol–water partition coefficient (Wildman–Crippen LogP) is 4.73. The summed E-state index contributed by atoms with van der Waals surface area (Å²) in [5.74, 6) is 0.0907. The number of hydrogen-bond acceptors (Lipinski definition) is 2. The van der Waals surface area contributed by atoms with Crippen LogP contribution in [0.25, 0.3) is 0 Å². The Kier molecular flexibility index (Phi) is 5.51. The first kappa shape index (κ1) is 19.0. The van der Waals surface area contributed by atoms with Gasteiger partial charge < -0.3 is 16.0 Å². The first-order valence-electron chi connectivity index (χ1n) is 8.81. The summed E-state index contributed by atoms with van der Waals surface area (Å²) < 4.78 is 0. The molecule has 5 nitrogen and oxygen atoms in total. The Morgan fingerprint density at radius 2 is 1.78 bits per heavy atom. The maximum Gasteiger partial charge on any atom is 0.319 e. The lowest BCUT2D eigenvalue weighted by Gasteiger charge is -2.29. The van der Waals surface area contributed by atoms with Crippen LogP contribution in [0.4, 0.5) is 10.5 Å². The molecule has 1 atom stereocenters. The van der Waals surface area contributed by atoms with Crippen molar-refractivity contribution in [3.8, 4) is 0 Å². The van der Waals surface area contributed by atoms with Gasteiger partial charge in [0.2, 0.25) is 0 Å². The molecule has 1 aliphatic heterocycles. The molecule has 0 radical (unpaired) electrons. The molecule has 2 aromatic carbocycles. The number of urea groups is 1. The summed E-state index contributed by atoms with van der Waals surface area (Å²) in [7, 11) is 0. The number of anilines is 1. The highest BCUT2D eigenvalue weighted by molar-refractivity contribution is 6.33. The highest BCUT2D eigenvalue weighted by Crippen LogP contribution is 2.30. The van der Waals surface area contributed by atoms with Crippen LogP contribution in [0.1, 0.15) is 43.9 Å². The average Bonchev–Trinajstić information content (AvgIpc) is 2.63. The van der Waals surface area contributed by atoms with E-state index in [-0.39, 0.29) is 11.9 Å². The zero-order valence-corrected chi connectivity index (χ0v) is 16.2. The van der Waals surface area contributed by atoms with Crippen molar-refractivity contribution in [1.29, 1.82) is 0 Å². The van der Waals surface area contributed by atoms with E-state index in [2.05, 4.69) is 29.8 Å². The fraction of sp³-hybridized carbons (Fsp3) is 0.238. The van der Waals surface area contributed by atoms with E-state index in [0.717, 1.165) is 5.56 Å². The van der Waals surface area contributed by atoms with Crippen LogP contribution in [0.15, 0.2) is 59.8 Å². The van der Waals surface area contributed by atoms with Crippen molar-refractivity contribution in [1.82, 2.24) is 10.6 Å². The number of carbonyl (C=O) groups is 2. The van der Waals surface area contributed by atoms with Gasteiger partial charge >= 0.3 is 6.03 Å². The van der Waals surface area contributed by atoms with Crippen molar-refractivity contribution in [2.24, 2.45) is 0 Å². The van der Waals surface area contributed by atoms with Crippen LogP contribution in [0.5, 0.6) is 0 Å². The van der Waals surface area contributed by atoms with Gasteiger partial charge in [-0.15, -0.1) is 0 Å². The molecule has 27 heavy (non-hydrogen) atoms. The van der Waals surface area contributed by atoms with Crippen molar-refractivity contribution in [3.63, 3.8) is 0 Å². The van der Waals surface area contributed by atoms with Gasteiger partial charge in [-0.25, -0.2) is 4.79 Å². The maximum absolute atomic E-state index is 13.0. The minimum Gasteiger partial charge on any atom is -0.327 e. The number of para-hydroxylation sites is 1. The van der Waals surface area contributed by atoms with Crippen molar-refractivity contribution in [2.75, 3.05) is 5.32 Å². The first-order chi connectivity index (χ1) is 12.9. The minimum absolute atomic E-state index is 0.314. The molecule has 3 N–H and O–H groups in total. The molecule has 1 heterocycles. The molecule has 3 rings (SSSR count). The number of amides is 3. The van der Waals surface area contributed by atoms with Crippen LogP contribution >= 0.6 is 11.6 Å². The first-order valence-corrected chi connectivity index (χ1v) is 9.18. The molecule has 0 saturated heterocycles. The highest BCUT2D eigenvalue weighted by Gasteiger charge is 2.31. The largest absolute Gasteiger partial charge is 0.327 e. The second-order valence-corrected chi connectivity index (χ2v) is 7.23. The van der Waals surface area contributed by atoms with Gasteiger partial charge in [-0.05, 0) is 36.1 Å². The number of benzene rings is 2. The quantitative estimate of drug-likeness (QED) is 0.714. The number of allylic oxidation sites excluding steroid dienone is 1. The Hall–Kier alpha value is -2.79. The van der Waals surface area contributed by atoms with Crippen molar-refractivity contribution >= 4 is 29.2 Å². The van der Waals surface area contributed by atoms with Crippen LogP contribution in [0, 0.1) is 0 Å². The van der Waals surface area contributed by atoms with Crippen LogP contribution < -0.4 is 16.0 Å². The number of hydrogen-bond donors (Lipinski definition) is 3. The molecular formula is C21H22ClN3O2. The Bertz CT molecular complexity index is 904. The Morgan fingerprint density at radius 1 is 1.11 bits per heavy atom. The second-order valence-electron chi connectivity index (χ2n) is 6.83. The van der Waals surface area contributed by atoms with Gasteiger partial charge in [-0.1, -0.05) is 61.8 Å². The van der Waals surface area contributed by atoms with E-state index >= 15 is 0 Å². The van der Waals surface area contributed by atoms with Gasteiger partial charge in [0.25, 0.3) is 5.91 Å². The van der Waals surface area contributed by atoms with Crippen LogP contribution in [-0.4, -0.2) is 11.9 Å². The molecule has 0 unspecified atom stereocenters. The lowest BCUT2D eigenvalue weighted by molar-refractivity contribution is -0.113. The third kappa shape index (κ3) is 4.14. The molecule has 3 amide bonds. The van der Waals surface area contributed by atoms with Gasteiger partial charge in [0.05, 0.1) is 22.3 Å². The fourth-order valence-electron chi connectivity index (χ4n) is 3.07. The molecule has 0 bridgehead atoms. The Morgan fingerprint density at radius 3 is 2.41 bits per heavy atom. The smallest absolute Gasteiger partial charge is 0.319 e. The number of nitrogens with one attached hydrogen (secondary N) is 3. The molecule has 0 aliphatic carbocycles. The third-order valence-electron chi connectivity index (χ3n) is 4.57. The van der Waals surface area contributed by atoms with Gasteiger partial charge in [0, 0.05) is 5.70 Å². The topological polar surface area (TPSA) is 70.2 Å². The molecule has 2 aromatic rings. The van der Waals surface area contributed by atoms with E-state index in [0.29, 0.717) is 27.9 Å². The lowest BCUT2D eigenvalue weighted by atomic mass is 9.92. The lowest BCUT2D eigenvalue weighted by Crippen LogP contribution is -2.46. The SMILES string of the molecule is CC1=C(C(=O)Nc2ccccc2Cl)[C@H](c2ccc(C(C)C)cc2)NC(=O)N1. The molecule has 0 spiro atoms. The number of halogens is 1.